The summed E-state index contributed by atoms with van der Waals surface area (Å²) in [6, 6.07) is 10.3. The Morgan fingerprint density at radius 1 is 1.07 bits per heavy atom. The smallest absolute Gasteiger partial charge is 0.201 e. The second-order valence-electron chi connectivity index (χ2n) is 10.1. The number of hydrogen-bond donors (Lipinski definition) is 10. The molecule has 1 aliphatic heterocycles. The van der Waals surface area contributed by atoms with E-state index >= 15 is 0 Å². The fourth-order valence-corrected chi connectivity index (χ4v) is 5.05. The number of phenols is 1. The minimum atomic E-state index is -3.48. The molecule has 3 rings (SSSR count). The van der Waals surface area contributed by atoms with Gasteiger partial charge in [0.25, 0.3) is 0 Å². The van der Waals surface area contributed by atoms with Gasteiger partial charge in [-0.05, 0) is 23.8 Å². The van der Waals surface area contributed by atoms with E-state index < -0.39 is 84.5 Å². The van der Waals surface area contributed by atoms with Crippen molar-refractivity contribution in [2.75, 3.05) is 26.9 Å². The Labute approximate surface area is 250 Å². The van der Waals surface area contributed by atoms with Crippen LogP contribution in [0.4, 0.5) is 0 Å². The van der Waals surface area contributed by atoms with Gasteiger partial charge < -0.3 is 60.5 Å². The first-order valence-corrected chi connectivity index (χ1v) is 13.1. The lowest BCUT2D eigenvalue weighted by Gasteiger charge is -2.41. The van der Waals surface area contributed by atoms with Crippen molar-refractivity contribution in [1.29, 1.82) is 0 Å². The SMILES string of the molecule is COc1cc(C=CC(=O)[C@@]2(O)[C@H](O)[C@@H](CO)OC2(CO)C(=O)[C@H](O)[C@@H](O)[C@@](O)(C(=O)c2ccccc2)[C@H](O)CO)ccc1O. The van der Waals surface area contributed by atoms with E-state index in [-0.39, 0.29) is 22.6 Å². The highest BCUT2D eigenvalue weighted by atomic mass is 16.6. The highest BCUT2D eigenvalue weighted by Gasteiger charge is 2.73. The van der Waals surface area contributed by atoms with Crippen molar-refractivity contribution in [3.05, 3.63) is 65.7 Å². The molecule has 8 atom stereocenters. The number of ketones is 3. The molecular weight excluding hydrogens is 588 g/mol. The number of carbonyl (C=O) groups is 3. The Hall–Kier alpha value is -3.61. The molecule has 0 saturated carbocycles. The largest absolute Gasteiger partial charge is 0.504 e. The number of carbonyl (C=O) groups excluding carboxylic acids is 3. The molecule has 1 aliphatic rings. The lowest BCUT2D eigenvalue weighted by Crippen LogP contribution is -2.72. The van der Waals surface area contributed by atoms with E-state index in [0.717, 1.165) is 18.2 Å². The van der Waals surface area contributed by atoms with Gasteiger partial charge in [-0.2, -0.15) is 0 Å². The zero-order chi connectivity index (χ0) is 33.0. The third-order valence-electron chi connectivity index (χ3n) is 7.65. The Morgan fingerprint density at radius 3 is 2.25 bits per heavy atom. The second-order valence-corrected chi connectivity index (χ2v) is 10.1. The Bertz CT molecular complexity index is 1380. The number of aromatic hydroxyl groups is 1. The number of Topliss-reactive ketones (excluding diaryl/α,β-unsaturated/α-hetero) is 2. The summed E-state index contributed by atoms with van der Waals surface area (Å²) < 4.78 is 10.2. The van der Waals surface area contributed by atoms with Crippen LogP contribution in [0.3, 0.4) is 0 Å². The maximum Gasteiger partial charge on any atom is 0.201 e. The second kappa shape index (κ2) is 13.6. The summed E-state index contributed by atoms with van der Waals surface area (Å²) in [5.41, 5.74) is -10.4. The molecule has 0 radical (unpaired) electrons. The Kier molecular flexibility index (Phi) is 10.8. The summed E-state index contributed by atoms with van der Waals surface area (Å²) >= 11 is 0. The van der Waals surface area contributed by atoms with Crippen molar-refractivity contribution in [1.82, 2.24) is 0 Å². The van der Waals surface area contributed by atoms with Gasteiger partial charge in [0.1, 0.15) is 30.5 Å². The van der Waals surface area contributed by atoms with Crippen molar-refractivity contribution in [2.24, 2.45) is 0 Å². The van der Waals surface area contributed by atoms with E-state index in [1.165, 1.54) is 43.5 Å². The predicted octanol–water partition coefficient (Wildman–Crippen LogP) is -3.54. The van der Waals surface area contributed by atoms with Crippen LogP contribution in [0.25, 0.3) is 6.08 Å². The van der Waals surface area contributed by atoms with Crippen LogP contribution in [0.15, 0.2) is 54.6 Å². The summed E-state index contributed by atoms with van der Waals surface area (Å²) in [5.74, 6) is -5.13. The van der Waals surface area contributed by atoms with Crippen LogP contribution in [-0.2, 0) is 14.3 Å². The number of aliphatic hydroxyl groups is 9. The molecule has 2 aromatic rings. The Morgan fingerprint density at radius 2 is 1.70 bits per heavy atom. The average Bonchev–Trinajstić information content (AvgIpc) is 3.29. The minimum Gasteiger partial charge on any atom is -0.504 e. The molecule has 1 heterocycles. The number of rotatable bonds is 14. The van der Waals surface area contributed by atoms with E-state index in [4.69, 9.17) is 9.47 Å². The van der Waals surface area contributed by atoms with E-state index in [2.05, 4.69) is 0 Å². The van der Waals surface area contributed by atoms with Crippen LogP contribution in [0.1, 0.15) is 15.9 Å². The number of benzene rings is 2. The molecule has 10 N–H and O–H groups in total. The van der Waals surface area contributed by atoms with Crippen molar-refractivity contribution in [3.8, 4) is 11.5 Å². The summed E-state index contributed by atoms with van der Waals surface area (Å²) in [6.45, 7) is -4.13. The van der Waals surface area contributed by atoms with E-state index in [0.29, 0.717) is 6.08 Å². The van der Waals surface area contributed by atoms with Crippen LogP contribution < -0.4 is 4.74 Å². The standard InChI is InChI=1S/C29H34O15/c1-43-18-11-15(7-9-17(18)33)8-10-20(34)29(42)24(38)19(12-30)44-27(29,14-32)25(39)22(36)26(40)28(41,21(35)13-31)23(37)16-5-3-2-4-6-16/h2-11,19,21-22,24,26,30-33,35-36,38,40-42H,12-14H2,1H3/t19-,21-,22+,24-,26-,27?,28+,29-/m1/s1. The molecule has 1 saturated heterocycles. The van der Waals surface area contributed by atoms with E-state index in [1.54, 1.807) is 0 Å². The molecule has 1 unspecified atom stereocenters. The molecule has 0 spiro atoms. The number of hydrogen-bond acceptors (Lipinski definition) is 15. The average molecular weight is 623 g/mol. The van der Waals surface area contributed by atoms with Gasteiger partial charge in [0.15, 0.2) is 39.9 Å². The predicted molar refractivity (Wildman–Crippen MR) is 147 cm³/mol. The van der Waals surface area contributed by atoms with Crippen LogP contribution in [0.5, 0.6) is 11.5 Å². The zero-order valence-electron chi connectivity index (χ0n) is 23.3. The fourth-order valence-electron chi connectivity index (χ4n) is 5.05. The molecule has 15 heteroatoms. The highest BCUT2D eigenvalue weighted by Crippen LogP contribution is 2.43. The summed E-state index contributed by atoms with van der Waals surface area (Å²) in [4.78, 5) is 40.4. The zero-order valence-corrected chi connectivity index (χ0v) is 23.3. The normalized spacial score (nSPS) is 27.0. The monoisotopic (exact) mass is 622 g/mol. The first-order chi connectivity index (χ1) is 20.7. The molecule has 15 nitrogen and oxygen atoms in total. The van der Waals surface area contributed by atoms with Crippen molar-refractivity contribution >= 4 is 23.4 Å². The Balaban J connectivity index is 2.08. The third kappa shape index (κ3) is 5.66. The van der Waals surface area contributed by atoms with Gasteiger partial charge in [-0.3, -0.25) is 14.4 Å². The number of ether oxygens (including phenoxy) is 2. The fraction of sp³-hybridized carbons (Fsp3) is 0.414. The molecule has 1 fully saturated rings. The van der Waals surface area contributed by atoms with Crippen molar-refractivity contribution in [3.63, 3.8) is 0 Å². The molecule has 2 aromatic carbocycles. The third-order valence-corrected chi connectivity index (χ3v) is 7.65. The molecular formula is C29H34O15. The highest BCUT2D eigenvalue weighted by molar-refractivity contribution is 6.09. The first kappa shape index (κ1) is 34.9. The number of aliphatic hydroxyl groups excluding tert-OH is 7. The topological polar surface area (TPSA) is 272 Å². The van der Waals surface area contributed by atoms with Gasteiger partial charge in [0.05, 0.1) is 26.9 Å². The molecule has 0 aromatic heterocycles. The van der Waals surface area contributed by atoms with Gasteiger partial charge >= 0.3 is 0 Å². The molecule has 0 amide bonds. The summed E-state index contributed by atoms with van der Waals surface area (Å²) in [5, 5.41) is 105. The van der Waals surface area contributed by atoms with Crippen LogP contribution in [0, 0.1) is 0 Å². The van der Waals surface area contributed by atoms with E-state index in [1.807, 2.05) is 0 Å². The quantitative estimate of drug-likeness (QED) is 0.0722. The molecule has 0 bridgehead atoms. The first-order valence-electron chi connectivity index (χ1n) is 13.1. The van der Waals surface area contributed by atoms with Gasteiger partial charge in [-0.15, -0.1) is 0 Å². The minimum absolute atomic E-state index is 0.00230. The molecule has 44 heavy (non-hydrogen) atoms. The van der Waals surface area contributed by atoms with Gasteiger partial charge in [-0.25, -0.2) is 0 Å². The number of phenolic OH excluding ortho intramolecular Hbond substituents is 1. The molecule has 240 valence electrons. The van der Waals surface area contributed by atoms with Crippen molar-refractivity contribution < 1.29 is 74.9 Å². The lowest BCUT2D eigenvalue weighted by atomic mass is 9.71. The maximum atomic E-state index is 13.7. The van der Waals surface area contributed by atoms with E-state index in [9.17, 15) is 65.4 Å². The number of methoxy groups -OCH3 is 1. The van der Waals surface area contributed by atoms with Crippen LogP contribution >= 0.6 is 0 Å². The summed E-state index contributed by atoms with van der Waals surface area (Å²) in [6.07, 6.45) is -11.1. The van der Waals surface area contributed by atoms with Gasteiger partial charge in [-0.1, -0.05) is 42.5 Å². The van der Waals surface area contributed by atoms with Crippen LogP contribution in [-0.4, -0.2) is 143 Å². The van der Waals surface area contributed by atoms with Gasteiger partial charge in [0, 0.05) is 5.56 Å². The lowest BCUT2D eigenvalue weighted by molar-refractivity contribution is -0.202. The molecule has 0 aliphatic carbocycles. The van der Waals surface area contributed by atoms with Crippen LogP contribution in [0.2, 0.25) is 0 Å². The summed E-state index contributed by atoms with van der Waals surface area (Å²) in [7, 11) is 1.26. The van der Waals surface area contributed by atoms with Crippen molar-refractivity contribution in [2.45, 2.75) is 47.3 Å². The van der Waals surface area contributed by atoms with Gasteiger partial charge in [0.2, 0.25) is 5.78 Å². The maximum absolute atomic E-state index is 13.7.